The Morgan fingerprint density at radius 1 is 1.10 bits per heavy atom. The highest BCUT2D eigenvalue weighted by atomic mass is 127. The van der Waals surface area contributed by atoms with Gasteiger partial charge in [-0.2, -0.15) is 0 Å². The number of nitrogens with zero attached hydrogens (tertiary/aromatic N) is 1. The summed E-state index contributed by atoms with van der Waals surface area (Å²) in [6, 6.07) is 6.54. The highest BCUT2D eigenvalue weighted by molar-refractivity contribution is 14.1. The van der Waals surface area contributed by atoms with Gasteiger partial charge in [-0.25, -0.2) is 0 Å². The first-order valence-corrected chi connectivity index (χ1v) is 8.91. The number of rotatable bonds is 2. The van der Waals surface area contributed by atoms with E-state index in [1.807, 2.05) is 0 Å². The van der Waals surface area contributed by atoms with Crippen LogP contribution in [-0.2, 0) is 11.2 Å². The van der Waals surface area contributed by atoms with Crippen molar-refractivity contribution < 1.29 is 4.79 Å². The first-order chi connectivity index (χ1) is 9.74. The molecule has 1 amide bonds. The average Bonchev–Trinajstić information content (AvgIpc) is 2.60. The van der Waals surface area contributed by atoms with Crippen LogP contribution >= 0.6 is 22.6 Å². The molecule has 2 aliphatic rings. The predicted molar refractivity (Wildman–Crippen MR) is 91.0 cm³/mol. The van der Waals surface area contributed by atoms with Gasteiger partial charge in [0.1, 0.15) is 0 Å². The Kier molecular flexibility index (Phi) is 4.64. The van der Waals surface area contributed by atoms with Gasteiger partial charge in [-0.05, 0) is 78.0 Å². The number of hydrogen-bond acceptors (Lipinski definition) is 1. The Hall–Kier alpha value is -0.580. The van der Waals surface area contributed by atoms with Crippen molar-refractivity contribution in [2.75, 3.05) is 11.4 Å². The van der Waals surface area contributed by atoms with E-state index in [4.69, 9.17) is 0 Å². The molecule has 1 fully saturated rings. The van der Waals surface area contributed by atoms with E-state index in [9.17, 15) is 4.79 Å². The molecule has 0 unspecified atom stereocenters. The van der Waals surface area contributed by atoms with Crippen LogP contribution in [0.25, 0.3) is 0 Å². The van der Waals surface area contributed by atoms with Crippen LogP contribution in [0.15, 0.2) is 18.2 Å². The fourth-order valence-electron chi connectivity index (χ4n) is 3.55. The van der Waals surface area contributed by atoms with E-state index in [0.717, 1.165) is 19.4 Å². The summed E-state index contributed by atoms with van der Waals surface area (Å²) in [5, 5.41) is 0. The molecule has 2 nitrogen and oxygen atoms in total. The summed E-state index contributed by atoms with van der Waals surface area (Å²) in [4.78, 5) is 14.6. The van der Waals surface area contributed by atoms with Gasteiger partial charge in [-0.15, -0.1) is 0 Å². The van der Waals surface area contributed by atoms with Crippen LogP contribution < -0.4 is 4.90 Å². The molecule has 0 bridgehead atoms. The third-order valence-electron chi connectivity index (χ3n) is 4.64. The van der Waals surface area contributed by atoms with E-state index >= 15 is 0 Å². The van der Waals surface area contributed by atoms with Crippen molar-refractivity contribution in [3.05, 3.63) is 27.3 Å². The number of amides is 1. The number of anilines is 1. The minimum atomic E-state index is 0.329. The Balaban J connectivity index is 1.85. The number of fused-ring (bicyclic) bond motifs is 1. The summed E-state index contributed by atoms with van der Waals surface area (Å²) in [7, 11) is 0. The molecule has 1 aliphatic carbocycles. The molecule has 0 radical (unpaired) electrons. The Labute approximate surface area is 135 Å². The molecular weight excluding hydrogens is 361 g/mol. The van der Waals surface area contributed by atoms with Crippen molar-refractivity contribution in [1.29, 1.82) is 0 Å². The third kappa shape index (κ3) is 3.18. The maximum atomic E-state index is 12.5. The highest BCUT2D eigenvalue weighted by Gasteiger charge is 2.25. The molecule has 1 aliphatic heterocycles. The average molecular weight is 383 g/mol. The van der Waals surface area contributed by atoms with E-state index in [1.165, 1.54) is 46.9 Å². The summed E-state index contributed by atoms with van der Waals surface area (Å²) < 4.78 is 1.27. The van der Waals surface area contributed by atoms with Gasteiger partial charge in [-0.1, -0.05) is 19.3 Å². The largest absolute Gasteiger partial charge is 0.312 e. The molecule has 1 saturated carbocycles. The zero-order valence-electron chi connectivity index (χ0n) is 11.9. The number of benzene rings is 1. The van der Waals surface area contributed by atoms with E-state index in [1.54, 1.807) is 0 Å². The fourth-order valence-corrected chi connectivity index (χ4v) is 4.10. The van der Waals surface area contributed by atoms with Crippen molar-refractivity contribution in [2.45, 2.75) is 51.4 Å². The predicted octanol–water partition coefficient (Wildman–Crippen LogP) is 4.54. The van der Waals surface area contributed by atoms with Gasteiger partial charge < -0.3 is 4.90 Å². The topological polar surface area (TPSA) is 20.3 Å². The molecule has 1 aromatic carbocycles. The SMILES string of the molecule is O=C1CCCc2cc(I)ccc2N1CC1CCCCC1. The molecule has 0 saturated heterocycles. The van der Waals surface area contributed by atoms with Gasteiger partial charge in [0.15, 0.2) is 0 Å². The second kappa shape index (κ2) is 6.46. The van der Waals surface area contributed by atoms with Crippen LogP contribution in [0, 0.1) is 9.49 Å². The molecule has 3 rings (SSSR count). The van der Waals surface area contributed by atoms with Gasteiger partial charge in [0.25, 0.3) is 0 Å². The lowest BCUT2D eigenvalue weighted by molar-refractivity contribution is -0.118. The van der Waals surface area contributed by atoms with Gasteiger partial charge in [-0.3, -0.25) is 4.79 Å². The van der Waals surface area contributed by atoms with Gasteiger partial charge >= 0.3 is 0 Å². The maximum Gasteiger partial charge on any atom is 0.227 e. The van der Waals surface area contributed by atoms with E-state index in [0.29, 0.717) is 18.2 Å². The van der Waals surface area contributed by atoms with Crippen LogP contribution in [0.3, 0.4) is 0 Å². The zero-order valence-corrected chi connectivity index (χ0v) is 14.1. The molecule has 0 N–H and O–H groups in total. The van der Waals surface area contributed by atoms with Crippen LogP contribution in [0.1, 0.15) is 50.5 Å². The number of aryl methyl sites for hydroxylation is 1. The van der Waals surface area contributed by atoms with Crippen LogP contribution in [0.4, 0.5) is 5.69 Å². The molecule has 3 heteroatoms. The minimum absolute atomic E-state index is 0.329. The molecule has 0 atom stereocenters. The van der Waals surface area contributed by atoms with E-state index < -0.39 is 0 Å². The van der Waals surface area contributed by atoms with Crippen LogP contribution in [-0.4, -0.2) is 12.5 Å². The number of halogens is 1. The Bertz CT molecular complexity index is 494. The summed E-state index contributed by atoms with van der Waals surface area (Å²) in [6.07, 6.45) is 9.38. The minimum Gasteiger partial charge on any atom is -0.312 e. The second-order valence-corrected chi connectivity index (χ2v) is 7.38. The monoisotopic (exact) mass is 383 g/mol. The second-order valence-electron chi connectivity index (χ2n) is 6.13. The van der Waals surface area contributed by atoms with Crippen molar-refractivity contribution >= 4 is 34.2 Å². The lowest BCUT2D eigenvalue weighted by Gasteiger charge is -2.30. The number of hydrogen-bond donors (Lipinski definition) is 0. The van der Waals surface area contributed by atoms with Crippen LogP contribution in [0.5, 0.6) is 0 Å². The fraction of sp³-hybridized carbons (Fsp3) is 0.588. The third-order valence-corrected chi connectivity index (χ3v) is 5.31. The van der Waals surface area contributed by atoms with Crippen molar-refractivity contribution in [2.24, 2.45) is 5.92 Å². The smallest absolute Gasteiger partial charge is 0.227 e. The maximum absolute atomic E-state index is 12.5. The lowest BCUT2D eigenvalue weighted by Crippen LogP contribution is -2.35. The lowest BCUT2D eigenvalue weighted by atomic mass is 9.88. The number of carbonyl (C=O) groups is 1. The van der Waals surface area contributed by atoms with Gasteiger partial charge in [0.2, 0.25) is 5.91 Å². The molecule has 0 aromatic heterocycles. The zero-order chi connectivity index (χ0) is 13.9. The Morgan fingerprint density at radius 3 is 2.70 bits per heavy atom. The standard InChI is InChI=1S/C17H22INO/c18-15-9-10-16-14(11-15)7-4-8-17(20)19(16)12-13-5-2-1-3-6-13/h9-11,13H,1-8,12H2. The number of carbonyl (C=O) groups excluding carboxylic acids is 1. The van der Waals surface area contributed by atoms with E-state index in [2.05, 4.69) is 45.7 Å². The van der Waals surface area contributed by atoms with Gasteiger partial charge in [0.05, 0.1) is 0 Å². The van der Waals surface area contributed by atoms with Crippen molar-refractivity contribution in [1.82, 2.24) is 0 Å². The summed E-state index contributed by atoms with van der Waals surface area (Å²) in [5.74, 6) is 1.04. The van der Waals surface area contributed by atoms with E-state index in [-0.39, 0.29) is 0 Å². The normalized spacial score (nSPS) is 20.6. The molecule has 0 spiro atoms. The summed E-state index contributed by atoms with van der Waals surface area (Å²) >= 11 is 2.36. The first kappa shape index (κ1) is 14.4. The van der Waals surface area contributed by atoms with Crippen LogP contribution in [0.2, 0.25) is 0 Å². The molecule has 108 valence electrons. The molecular formula is C17H22INO. The van der Waals surface area contributed by atoms with Crippen molar-refractivity contribution in [3.8, 4) is 0 Å². The van der Waals surface area contributed by atoms with Crippen molar-refractivity contribution in [3.63, 3.8) is 0 Å². The highest BCUT2D eigenvalue weighted by Crippen LogP contribution is 2.32. The molecule has 1 aromatic rings. The molecule has 20 heavy (non-hydrogen) atoms. The quantitative estimate of drug-likeness (QED) is 0.687. The summed E-state index contributed by atoms with van der Waals surface area (Å²) in [6.45, 7) is 0.937. The van der Waals surface area contributed by atoms with Gasteiger partial charge in [0, 0.05) is 22.2 Å². The first-order valence-electron chi connectivity index (χ1n) is 7.83. The Morgan fingerprint density at radius 2 is 1.90 bits per heavy atom. The summed E-state index contributed by atoms with van der Waals surface area (Å²) in [5.41, 5.74) is 2.54. The molecule has 1 heterocycles.